The third-order valence-electron chi connectivity index (χ3n) is 4.04. The van der Waals surface area contributed by atoms with Gasteiger partial charge in [-0.25, -0.2) is 0 Å². The fourth-order valence-corrected chi connectivity index (χ4v) is 2.46. The maximum atomic E-state index is 10.3. The second-order valence-electron chi connectivity index (χ2n) is 6.72. The second-order valence-corrected chi connectivity index (χ2v) is 6.72. The molecule has 0 fully saturated rings. The minimum atomic E-state index is -1.35. The molecule has 0 spiro atoms. The molecular formula is C21H42O5. The lowest BCUT2D eigenvalue weighted by molar-refractivity contribution is -0.137. The van der Waals surface area contributed by atoms with Crippen LogP contribution in [0.1, 0.15) is 103 Å². The highest BCUT2D eigenvalue weighted by Crippen LogP contribution is 2.09. The Hall–Kier alpha value is -0.910. The van der Waals surface area contributed by atoms with Crippen LogP contribution < -0.4 is 0 Å². The summed E-state index contributed by atoms with van der Waals surface area (Å²) in [7, 11) is 0. The van der Waals surface area contributed by atoms with Crippen LogP contribution in [0.25, 0.3) is 0 Å². The van der Waals surface area contributed by atoms with Crippen LogP contribution in [-0.4, -0.2) is 39.3 Å². The van der Waals surface area contributed by atoms with E-state index in [1.165, 1.54) is 70.6 Å². The Balaban J connectivity index is 0. The van der Waals surface area contributed by atoms with Crippen molar-refractivity contribution in [3.05, 3.63) is 12.2 Å². The molecule has 0 aliphatic carbocycles. The normalized spacial score (nSPS) is 11.0. The number of aliphatic carboxylic acids is 1. The summed E-state index contributed by atoms with van der Waals surface area (Å²) in [4.78, 5) is 10.3. The van der Waals surface area contributed by atoms with E-state index in [0.29, 0.717) is 6.42 Å². The summed E-state index contributed by atoms with van der Waals surface area (Å²) in [5.74, 6) is -0.664. The molecular weight excluding hydrogens is 332 g/mol. The number of carboxylic acid groups (broad SMARTS) is 1. The van der Waals surface area contributed by atoms with Gasteiger partial charge in [0.1, 0.15) is 0 Å². The number of aliphatic hydroxyl groups excluding tert-OH is 2. The average molecular weight is 375 g/mol. The van der Waals surface area contributed by atoms with Gasteiger partial charge in [0.05, 0.1) is 0 Å². The molecule has 5 nitrogen and oxygen atoms in total. The third kappa shape index (κ3) is 30.9. The van der Waals surface area contributed by atoms with Gasteiger partial charge in [-0.1, -0.05) is 70.4 Å². The maximum Gasteiger partial charge on any atom is 0.303 e. The zero-order valence-corrected chi connectivity index (χ0v) is 16.7. The molecule has 0 aromatic rings. The summed E-state index contributed by atoms with van der Waals surface area (Å²) in [6.45, 7) is 2.09. The van der Waals surface area contributed by atoms with Crippen LogP contribution in [-0.2, 0) is 4.79 Å². The highest BCUT2D eigenvalue weighted by atomic mass is 16.5. The number of aliphatic hydroxyl groups is 3. The molecule has 0 rings (SSSR count). The summed E-state index contributed by atoms with van der Waals surface area (Å²) >= 11 is 0. The molecule has 0 saturated heterocycles. The second kappa shape index (κ2) is 24.1. The topological polar surface area (TPSA) is 98.0 Å². The van der Waals surface area contributed by atoms with Crippen molar-refractivity contribution in [3.8, 4) is 0 Å². The van der Waals surface area contributed by atoms with Crippen molar-refractivity contribution < 1.29 is 25.2 Å². The molecule has 0 aliphatic rings. The van der Waals surface area contributed by atoms with Gasteiger partial charge in [-0.2, -0.15) is 0 Å². The Kier molecular flexibility index (Phi) is 25.3. The van der Waals surface area contributed by atoms with Crippen molar-refractivity contribution in [1.82, 2.24) is 0 Å². The first-order chi connectivity index (χ1) is 12.5. The SMILES string of the molecule is CCCCCCCC/C=C\CCCCCCCC(=O)O.OCCC(O)O. The average Bonchev–Trinajstić information content (AvgIpc) is 2.58. The smallest absolute Gasteiger partial charge is 0.303 e. The molecule has 0 aromatic carbocycles. The van der Waals surface area contributed by atoms with E-state index >= 15 is 0 Å². The van der Waals surface area contributed by atoms with Crippen molar-refractivity contribution in [3.63, 3.8) is 0 Å². The number of allylic oxidation sites excluding steroid dienone is 2. The van der Waals surface area contributed by atoms with E-state index in [-0.39, 0.29) is 13.0 Å². The van der Waals surface area contributed by atoms with E-state index < -0.39 is 12.3 Å². The van der Waals surface area contributed by atoms with Crippen molar-refractivity contribution in [2.24, 2.45) is 0 Å². The lowest BCUT2D eigenvalue weighted by atomic mass is 10.1. The first-order valence-electron chi connectivity index (χ1n) is 10.4. The van der Waals surface area contributed by atoms with Crippen LogP contribution >= 0.6 is 0 Å². The van der Waals surface area contributed by atoms with Gasteiger partial charge in [0.2, 0.25) is 0 Å². The zero-order valence-electron chi connectivity index (χ0n) is 16.7. The van der Waals surface area contributed by atoms with Crippen LogP contribution in [0.5, 0.6) is 0 Å². The van der Waals surface area contributed by atoms with Gasteiger partial charge in [0.15, 0.2) is 6.29 Å². The van der Waals surface area contributed by atoms with Gasteiger partial charge in [-0.15, -0.1) is 0 Å². The lowest BCUT2D eigenvalue weighted by Crippen LogP contribution is -2.05. The summed E-state index contributed by atoms with van der Waals surface area (Å²) in [6, 6.07) is 0. The van der Waals surface area contributed by atoms with Crippen LogP contribution in [0.4, 0.5) is 0 Å². The molecule has 0 aromatic heterocycles. The van der Waals surface area contributed by atoms with Crippen molar-refractivity contribution in [2.75, 3.05) is 6.61 Å². The maximum absolute atomic E-state index is 10.3. The predicted molar refractivity (Wildman–Crippen MR) is 107 cm³/mol. The number of rotatable bonds is 17. The molecule has 0 unspecified atom stereocenters. The fraction of sp³-hybridized carbons (Fsp3) is 0.857. The van der Waals surface area contributed by atoms with Crippen LogP contribution in [0.3, 0.4) is 0 Å². The molecule has 5 heteroatoms. The van der Waals surface area contributed by atoms with Gasteiger partial charge >= 0.3 is 5.97 Å². The third-order valence-corrected chi connectivity index (χ3v) is 4.04. The Morgan fingerprint density at radius 1 is 0.808 bits per heavy atom. The number of carboxylic acids is 1. The van der Waals surface area contributed by atoms with Crippen molar-refractivity contribution >= 4 is 5.97 Å². The standard InChI is InChI=1S/C18H34O2.C3H8O3/c1-2-3-4-5-6-7-8-9-10-11-12-13-14-15-16-17-18(19)20;4-2-1-3(5)6/h9-10H,2-8,11-17H2,1H3,(H,19,20);3-6H,1-2H2/b10-9-;. The van der Waals surface area contributed by atoms with E-state index in [4.69, 9.17) is 20.4 Å². The Bertz CT molecular complexity index is 303. The van der Waals surface area contributed by atoms with E-state index in [2.05, 4.69) is 19.1 Å². The van der Waals surface area contributed by atoms with Crippen LogP contribution in [0.15, 0.2) is 12.2 Å². The fourth-order valence-electron chi connectivity index (χ4n) is 2.46. The van der Waals surface area contributed by atoms with Crippen molar-refractivity contribution in [2.45, 2.75) is 110 Å². The first-order valence-corrected chi connectivity index (χ1v) is 10.4. The molecule has 4 N–H and O–H groups in total. The molecule has 0 bridgehead atoms. The number of carbonyl (C=O) groups is 1. The molecule has 0 amide bonds. The highest BCUT2D eigenvalue weighted by molar-refractivity contribution is 5.66. The van der Waals surface area contributed by atoms with Gasteiger partial charge in [0.25, 0.3) is 0 Å². The zero-order chi connectivity index (χ0) is 19.9. The minimum absolute atomic E-state index is 0.0417. The van der Waals surface area contributed by atoms with E-state index in [9.17, 15) is 4.79 Å². The highest BCUT2D eigenvalue weighted by Gasteiger charge is 1.95. The van der Waals surface area contributed by atoms with Gasteiger partial charge in [0, 0.05) is 19.4 Å². The predicted octanol–water partition coefficient (Wildman–Crippen LogP) is 4.79. The summed E-state index contributed by atoms with van der Waals surface area (Å²) < 4.78 is 0. The largest absolute Gasteiger partial charge is 0.481 e. The quantitative estimate of drug-likeness (QED) is 0.167. The molecule has 156 valence electrons. The summed E-state index contributed by atoms with van der Waals surface area (Å²) in [6.07, 6.45) is 19.9. The molecule has 0 saturated carbocycles. The summed E-state index contributed by atoms with van der Waals surface area (Å²) in [5.41, 5.74) is 0. The van der Waals surface area contributed by atoms with Gasteiger partial charge < -0.3 is 20.4 Å². The molecule has 26 heavy (non-hydrogen) atoms. The first kappa shape index (κ1) is 27.3. The van der Waals surface area contributed by atoms with Gasteiger partial charge in [-0.3, -0.25) is 4.79 Å². The number of hydrogen-bond acceptors (Lipinski definition) is 4. The molecule has 0 aliphatic heterocycles. The Labute approximate surface area is 160 Å². The van der Waals surface area contributed by atoms with E-state index in [0.717, 1.165) is 12.8 Å². The Morgan fingerprint density at radius 2 is 1.27 bits per heavy atom. The van der Waals surface area contributed by atoms with Crippen molar-refractivity contribution in [1.29, 1.82) is 0 Å². The number of hydrogen-bond donors (Lipinski definition) is 4. The number of unbranched alkanes of at least 4 members (excludes halogenated alkanes) is 11. The molecule has 0 atom stereocenters. The van der Waals surface area contributed by atoms with Crippen LogP contribution in [0.2, 0.25) is 0 Å². The van der Waals surface area contributed by atoms with Crippen LogP contribution in [0, 0.1) is 0 Å². The lowest BCUT2D eigenvalue weighted by Gasteiger charge is -1.99. The molecule has 0 radical (unpaired) electrons. The minimum Gasteiger partial charge on any atom is -0.481 e. The summed E-state index contributed by atoms with van der Waals surface area (Å²) in [5, 5.41) is 32.3. The monoisotopic (exact) mass is 374 g/mol. The van der Waals surface area contributed by atoms with E-state index in [1.807, 2.05) is 0 Å². The molecule has 0 heterocycles. The van der Waals surface area contributed by atoms with Gasteiger partial charge in [-0.05, 0) is 32.1 Å². The van der Waals surface area contributed by atoms with E-state index in [1.54, 1.807) is 0 Å². The Morgan fingerprint density at radius 3 is 1.65 bits per heavy atom.